The van der Waals surface area contributed by atoms with Crippen LogP contribution in [-0.4, -0.2) is 57.4 Å². The molecule has 1 N–H and O–H groups in total. The minimum Gasteiger partial charge on any atom is -0.495 e. The molecule has 8 nitrogen and oxygen atoms in total. The Morgan fingerprint density at radius 2 is 1.76 bits per heavy atom. The van der Waals surface area contributed by atoms with Crippen molar-refractivity contribution in [3.63, 3.8) is 0 Å². The first-order valence-corrected chi connectivity index (χ1v) is 13.3. The Kier molecular flexibility index (Phi) is 8.75. The molecule has 0 radical (unpaired) electrons. The number of esters is 1. The first-order chi connectivity index (χ1) is 15.7. The molecule has 1 saturated heterocycles. The van der Waals surface area contributed by atoms with Crippen LogP contribution < -0.4 is 10.1 Å². The summed E-state index contributed by atoms with van der Waals surface area (Å²) in [6, 6.07) is 4.26. The monoisotopic (exact) mass is 480 g/mol. The maximum Gasteiger partial charge on any atom is 0.338 e. The minimum absolute atomic E-state index is 0.0594. The molecule has 0 aromatic heterocycles. The highest BCUT2D eigenvalue weighted by atomic mass is 32.2. The average Bonchev–Trinajstić information content (AvgIpc) is 3.10. The van der Waals surface area contributed by atoms with E-state index in [9.17, 15) is 18.0 Å². The summed E-state index contributed by atoms with van der Waals surface area (Å²) in [4.78, 5) is 24.9. The van der Waals surface area contributed by atoms with E-state index in [1.165, 1.54) is 29.6 Å². The number of carbonyl (C=O) groups is 2. The van der Waals surface area contributed by atoms with Gasteiger partial charge in [-0.15, -0.1) is 0 Å². The molecule has 1 amide bonds. The highest BCUT2D eigenvalue weighted by molar-refractivity contribution is 7.89. The molecule has 0 bridgehead atoms. The van der Waals surface area contributed by atoms with Crippen LogP contribution in [0.1, 0.15) is 69.2 Å². The molecule has 1 aliphatic heterocycles. The number of benzene rings is 1. The van der Waals surface area contributed by atoms with Gasteiger partial charge in [-0.3, -0.25) is 4.79 Å². The van der Waals surface area contributed by atoms with Crippen molar-refractivity contribution >= 4 is 21.9 Å². The molecule has 2 aliphatic rings. The van der Waals surface area contributed by atoms with Gasteiger partial charge in [0, 0.05) is 19.1 Å². The van der Waals surface area contributed by atoms with Crippen molar-refractivity contribution in [2.45, 2.75) is 69.7 Å². The maximum atomic E-state index is 13.3. The Balaban J connectivity index is 1.67. The smallest absolute Gasteiger partial charge is 0.338 e. The van der Waals surface area contributed by atoms with Gasteiger partial charge in [-0.25, -0.2) is 13.2 Å². The molecule has 1 saturated carbocycles. The Morgan fingerprint density at radius 1 is 1.06 bits per heavy atom. The summed E-state index contributed by atoms with van der Waals surface area (Å²) >= 11 is 0. The molecule has 1 aromatic rings. The molecule has 1 heterocycles. The maximum absolute atomic E-state index is 13.3. The van der Waals surface area contributed by atoms with E-state index in [0.29, 0.717) is 24.9 Å². The average molecular weight is 481 g/mol. The number of nitrogens with zero attached hydrogens (tertiary/aromatic N) is 1. The SMILES string of the molecule is COc1ccc(C(=O)OCC(=O)NC2CCCC(C)C2C)cc1S(=O)(=O)N1CCCCCC1. The summed E-state index contributed by atoms with van der Waals surface area (Å²) in [6.45, 7) is 4.79. The van der Waals surface area contributed by atoms with Gasteiger partial charge in [-0.05, 0) is 49.3 Å². The van der Waals surface area contributed by atoms with E-state index in [1.807, 2.05) is 0 Å². The lowest BCUT2D eigenvalue weighted by atomic mass is 9.78. The lowest BCUT2D eigenvalue weighted by Gasteiger charge is -2.34. The van der Waals surface area contributed by atoms with E-state index in [1.54, 1.807) is 0 Å². The van der Waals surface area contributed by atoms with E-state index >= 15 is 0 Å². The van der Waals surface area contributed by atoms with Crippen molar-refractivity contribution in [1.29, 1.82) is 0 Å². The highest BCUT2D eigenvalue weighted by Gasteiger charge is 2.30. The van der Waals surface area contributed by atoms with E-state index in [-0.39, 0.29) is 28.2 Å². The van der Waals surface area contributed by atoms with Gasteiger partial charge in [0.1, 0.15) is 10.6 Å². The molecule has 3 unspecified atom stereocenters. The molecule has 0 spiro atoms. The lowest BCUT2D eigenvalue weighted by Crippen LogP contribution is -2.45. The summed E-state index contributed by atoms with van der Waals surface area (Å²) in [6.07, 6.45) is 6.74. The van der Waals surface area contributed by atoms with E-state index in [4.69, 9.17) is 9.47 Å². The number of rotatable bonds is 7. The van der Waals surface area contributed by atoms with Crippen LogP contribution >= 0.6 is 0 Å². The normalized spacial score (nSPS) is 24.5. The predicted molar refractivity (Wildman–Crippen MR) is 125 cm³/mol. The summed E-state index contributed by atoms with van der Waals surface area (Å²) < 4.78 is 38.5. The number of ether oxygens (including phenoxy) is 2. The van der Waals surface area contributed by atoms with Crippen LogP contribution in [0.4, 0.5) is 0 Å². The fourth-order valence-corrected chi connectivity index (χ4v) is 6.37. The summed E-state index contributed by atoms with van der Waals surface area (Å²) in [7, 11) is -2.43. The zero-order chi connectivity index (χ0) is 24.0. The first kappa shape index (κ1) is 25.5. The Hall–Kier alpha value is -2.13. The Labute approximate surface area is 197 Å². The topological polar surface area (TPSA) is 102 Å². The van der Waals surface area contributed by atoms with Gasteiger partial charge in [-0.1, -0.05) is 39.5 Å². The number of sulfonamides is 1. The van der Waals surface area contributed by atoms with Gasteiger partial charge in [0.25, 0.3) is 5.91 Å². The molecule has 3 atom stereocenters. The zero-order valence-corrected chi connectivity index (χ0v) is 20.7. The third-order valence-corrected chi connectivity index (χ3v) is 8.89. The number of nitrogens with one attached hydrogen (secondary N) is 1. The zero-order valence-electron chi connectivity index (χ0n) is 19.8. The van der Waals surface area contributed by atoms with Gasteiger partial charge in [0.05, 0.1) is 12.7 Å². The Bertz CT molecular complexity index is 940. The standard InChI is InChI=1S/C24H36N2O6S/c1-17-9-8-10-20(18(17)2)25-23(27)16-32-24(28)19-11-12-21(31-3)22(15-19)33(29,30)26-13-6-4-5-7-14-26/h11-12,15,17-18,20H,4-10,13-14,16H2,1-3H3,(H,25,27). The summed E-state index contributed by atoms with van der Waals surface area (Å²) in [5.41, 5.74) is 0.0663. The van der Waals surface area contributed by atoms with Crippen LogP contribution in [0.2, 0.25) is 0 Å². The summed E-state index contributed by atoms with van der Waals surface area (Å²) in [5.74, 6) is -0.0124. The predicted octanol–water partition coefficient (Wildman–Crippen LogP) is 3.36. The van der Waals surface area contributed by atoms with Gasteiger partial charge in [0.15, 0.2) is 6.61 Å². The lowest BCUT2D eigenvalue weighted by molar-refractivity contribution is -0.125. The number of carbonyl (C=O) groups excluding carboxylic acids is 2. The minimum atomic E-state index is -3.82. The number of hydrogen-bond acceptors (Lipinski definition) is 6. The number of amides is 1. The quantitative estimate of drug-likeness (QED) is 0.601. The molecule has 1 aliphatic carbocycles. The van der Waals surface area contributed by atoms with Crippen LogP contribution in [0, 0.1) is 11.8 Å². The molecular weight excluding hydrogens is 444 g/mol. The molecule has 184 valence electrons. The molecule has 3 rings (SSSR count). The second-order valence-corrected chi connectivity index (χ2v) is 11.1. The Morgan fingerprint density at radius 3 is 2.42 bits per heavy atom. The fourth-order valence-electron chi connectivity index (χ4n) is 4.67. The van der Waals surface area contributed by atoms with Gasteiger partial charge in [0.2, 0.25) is 10.0 Å². The van der Waals surface area contributed by atoms with Crippen molar-refractivity contribution in [3.05, 3.63) is 23.8 Å². The second-order valence-electron chi connectivity index (χ2n) is 9.20. The third kappa shape index (κ3) is 6.26. The fraction of sp³-hybridized carbons (Fsp3) is 0.667. The van der Waals surface area contributed by atoms with E-state index in [2.05, 4.69) is 19.2 Å². The third-order valence-electron chi connectivity index (χ3n) is 6.97. The first-order valence-electron chi connectivity index (χ1n) is 11.9. The van der Waals surface area contributed by atoms with Gasteiger partial charge >= 0.3 is 5.97 Å². The van der Waals surface area contributed by atoms with E-state index < -0.39 is 22.6 Å². The van der Waals surface area contributed by atoms with Crippen molar-refractivity contribution in [3.8, 4) is 5.75 Å². The van der Waals surface area contributed by atoms with Crippen LogP contribution in [0.25, 0.3) is 0 Å². The van der Waals surface area contributed by atoms with Crippen LogP contribution in [0.5, 0.6) is 5.75 Å². The van der Waals surface area contributed by atoms with Gasteiger partial charge in [-0.2, -0.15) is 4.31 Å². The molecular formula is C24H36N2O6S. The largest absolute Gasteiger partial charge is 0.495 e. The van der Waals surface area contributed by atoms with E-state index in [0.717, 1.165) is 44.9 Å². The van der Waals surface area contributed by atoms with Crippen LogP contribution in [0.3, 0.4) is 0 Å². The molecule has 33 heavy (non-hydrogen) atoms. The summed E-state index contributed by atoms with van der Waals surface area (Å²) in [5, 5.41) is 2.97. The second kappa shape index (κ2) is 11.3. The van der Waals surface area contributed by atoms with Crippen LogP contribution in [0.15, 0.2) is 23.1 Å². The number of hydrogen-bond donors (Lipinski definition) is 1. The van der Waals surface area contributed by atoms with Crippen molar-refractivity contribution in [1.82, 2.24) is 9.62 Å². The number of methoxy groups -OCH3 is 1. The highest BCUT2D eigenvalue weighted by Crippen LogP contribution is 2.30. The molecule has 1 aromatic carbocycles. The van der Waals surface area contributed by atoms with Crippen LogP contribution in [-0.2, 0) is 19.6 Å². The molecule has 2 fully saturated rings. The molecule has 9 heteroatoms. The van der Waals surface area contributed by atoms with Crippen molar-refractivity contribution in [2.75, 3.05) is 26.8 Å². The van der Waals surface area contributed by atoms with Crippen molar-refractivity contribution < 1.29 is 27.5 Å². The van der Waals surface area contributed by atoms with Crippen molar-refractivity contribution in [2.24, 2.45) is 11.8 Å². The van der Waals surface area contributed by atoms with Gasteiger partial charge < -0.3 is 14.8 Å².